The zero-order valence-corrected chi connectivity index (χ0v) is 7.18. The Morgan fingerprint density at radius 2 is 2.55 bits per heavy atom. The number of hydrogen-bond acceptors (Lipinski definition) is 2. The van der Waals surface area contributed by atoms with Crippen LogP contribution in [0.5, 0.6) is 0 Å². The van der Waals surface area contributed by atoms with Gasteiger partial charge < -0.3 is 10.2 Å². The second-order valence-corrected chi connectivity index (χ2v) is 2.79. The fraction of sp³-hybridized carbons (Fsp3) is 0.571. The van der Waals surface area contributed by atoms with Gasteiger partial charge in [-0.3, -0.25) is 0 Å². The number of amides is 2. The number of nitrogens with one attached hydrogen (secondary N) is 1. The molecule has 0 radical (unpaired) electrons. The van der Waals surface area contributed by atoms with E-state index in [9.17, 15) is 4.79 Å². The van der Waals surface area contributed by atoms with Gasteiger partial charge in [0.1, 0.15) is 0 Å². The van der Waals surface area contributed by atoms with E-state index in [2.05, 4.69) is 17.9 Å². The summed E-state index contributed by atoms with van der Waals surface area (Å²) in [7, 11) is 0. The molecule has 0 aromatic carbocycles. The number of hydrogen-bond donors (Lipinski definition) is 2. The van der Waals surface area contributed by atoms with E-state index < -0.39 is 0 Å². The largest absolute Gasteiger partial charge is 0.334 e. The van der Waals surface area contributed by atoms with Gasteiger partial charge in [0.2, 0.25) is 0 Å². The number of carbonyl (C=O) groups excluding carboxylic acids is 1. The molecule has 1 aliphatic rings. The molecule has 4 heteroatoms. The molecule has 0 aromatic rings. The summed E-state index contributed by atoms with van der Waals surface area (Å²) in [6.07, 6.45) is 4.68. The Kier molecular flexibility index (Phi) is 3.29. The van der Waals surface area contributed by atoms with E-state index in [-0.39, 0.29) is 6.03 Å². The lowest BCUT2D eigenvalue weighted by Gasteiger charge is -2.21. The highest BCUT2D eigenvalue weighted by Gasteiger charge is 2.10. The minimum atomic E-state index is -0.00529. The molecule has 0 spiro atoms. The summed E-state index contributed by atoms with van der Waals surface area (Å²) in [5.74, 6) is 0.817. The first-order chi connectivity index (χ1) is 5.34. The average molecular weight is 172 g/mol. The van der Waals surface area contributed by atoms with Crippen molar-refractivity contribution in [1.29, 1.82) is 0 Å². The van der Waals surface area contributed by atoms with E-state index in [0.717, 1.165) is 18.7 Å². The summed E-state index contributed by atoms with van der Waals surface area (Å²) in [6.45, 7) is 1.40. The molecule has 2 amide bonds. The first-order valence-corrected chi connectivity index (χ1v) is 4.30. The standard InChI is InChI=1S/C7H12N2OS/c10-7-8-3-1-4-9(7)5-2-6-11/h1,4,11H,2-3,5-6H2,(H,8,10). The first-order valence-electron chi connectivity index (χ1n) is 3.66. The van der Waals surface area contributed by atoms with E-state index in [1.807, 2.05) is 12.3 Å². The van der Waals surface area contributed by atoms with E-state index in [1.54, 1.807) is 4.90 Å². The van der Waals surface area contributed by atoms with Crippen molar-refractivity contribution in [3.8, 4) is 0 Å². The van der Waals surface area contributed by atoms with Crippen LogP contribution in [-0.4, -0.2) is 29.8 Å². The second-order valence-electron chi connectivity index (χ2n) is 2.34. The highest BCUT2D eigenvalue weighted by molar-refractivity contribution is 7.80. The Morgan fingerprint density at radius 3 is 3.18 bits per heavy atom. The van der Waals surface area contributed by atoms with Crippen molar-refractivity contribution in [2.24, 2.45) is 0 Å². The molecule has 1 N–H and O–H groups in total. The lowest BCUT2D eigenvalue weighted by atomic mass is 10.4. The maximum atomic E-state index is 11.0. The molecule has 1 rings (SSSR count). The predicted octanol–water partition coefficient (Wildman–Crippen LogP) is 0.845. The fourth-order valence-corrected chi connectivity index (χ4v) is 1.05. The minimum absolute atomic E-state index is 0.00529. The predicted molar refractivity (Wildman–Crippen MR) is 47.7 cm³/mol. The second kappa shape index (κ2) is 4.28. The number of carbonyl (C=O) groups is 1. The van der Waals surface area contributed by atoms with Gasteiger partial charge in [-0.05, 0) is 18.2 Å². The van der Waals surface area contributed by atoms with Crippen molar-refractivity contribution >= 4 is 18.7 Å². The molecule has 3 nitrogen and oxygen atoms in total. The number of nitrogens with zero attached hydrogens (tertiary/aromatic N) is 1. The average Bonchev–Trinajstić information content (AvgIpc) is 2.03. The van der Waals surface area contributed by atoms with Crippen LogP contribution in [-0.2, 0) is 0 Å². The zero-order valence-electron chi connectivity index (χ0n) is 6.29. The van der Waals surface area contributed by atoms with Gasteiger partial charge in [-0.15, -0.1) is 0 Å². The van der Waals surface area contributed by atoms with E-state index >= 15 is 0 Å². The highest BCUT2D eigenvalue weighted by atomic mass is 32.1. The molecule has 0 saturated heterocycles. The van der Waals surface area contributed by atoms with Gasteiger partial charge in [-0.1, -0.05) is 0 Å². The van der Waals surface area contributed by atoms with Gasteiger partial charge in [0.25, 0.3) is 0 Å². The summed E-state index contributed by atoms with van der Waals surface area (Å²) < 4.78 is 0. The highest BCUT2D eigenvalue weighted by Crippen LogP contribution is 1.98. The summed E-state index contributed by atoms with van der Waals surface area (Å²) in [4.78, 5) is 12.7. The van der Waals surface area contributed by atoms with Gasteiger partial charge in [0.05, 0.1) is 0 Å². The van der Waals surface area contributed by atoms with Crippen LogP contribution in [0.3, 0.4) is 0 Å². The van der Waals surface area contributed by atoms with Gasteiger partial charge in [0, 0.05) is 19.3 Å². The van der Waals surface area contributed by atoms with Crippen LogP contribution >= 0.6 is 12.6 Å². The van der Waals surface area contributed by atoms with Crippen LogP contribution in [0.4, 0.5) is 4.79 Å². The van der Waals surface area contributed by atoms with Gasteiger partial charge in [-0.25, -0.2) is 4.79 Å². The monoisotopic (exact) mass is 172 g/mol. The lowest BCUT2D eigenvalue weighted by Crippen LogP contribution is -2.40. The summed E-state index contributed by atoms with van der Waals surface area (Å²) in [5.41, 5.74) is 0. The van der Waals surface area contributed by atoms with Crippen LogP contribution in [0.2, 0.25) is 0 Å². The van der Waals surface area contributed by atoms with Crippen LogP contribution in [0.25, 0.3) is 0 Å². The van der Waals surface area contributed by atoms with Crippen LogP contribution in [0.15, 0.2) is 12.3 Å². The maximum Gasteiger partial charge on any atom is 0.321 e. The first kappa shape index (κ1) is 8.46. The zero-order chi connectivity index (χ0) is 8.10. The Labute approximate surface area is 71.9 Å². The van der Waals surface area contributed by atoms with Gasteiger partial charge in [-0.2, -0.15) is 12.6 Å². The van der Waals surface area contributed by atoms with Crippen LogP contribution in [0.1, 0.15) is 6.42 Å². The molecule has 0 aromatic heterocycles. The topological polar surface area (TPSA) is 32.3 Å². The molecule has 11 heavy (non-hydrogen) atoms. The molecular formula is C7H12N2OS. The molecule has 1 aliphatic heterocycles. The van der Waals surface area contributed by atoms with Crippen molar-refractivity contribution in [2.45, 2.75) is 6.42 Å². The van der Waals surface area contributed by atoms with E-state index in [1.165, 1.54) is 0 Å². The van der Waals surface area contributed by atoms with Crippen molar-refractivity contribution in [1.82, 2.24) is 10.2 Å². The van der Waals surface area contributed by atoms with Gasteiger partial charge >= 0.3 is 6.03 Å². The third-order valence-corrected chi connectivity index (χ3v) is 1.79. The van der Waals surface area contributed by atoms with E-state index in [0.29, 0.717) is 6.54 Å². The van der Waals surface area contributed by atoms with Gasteiger partial charge in [0.15, 0.2) is 0 Å². The third kappa shape index (κ3) is 2.46. The summed E-state index contributed by atoms with van der Waals surface area (Å²) in [5, 5.41) is 2.72. The van der Waals surface area contributed by atoms with Crippen LogP contribution in [0, 0.1) is 0 Å². The quantitative estimate of drug-likeness (QED) is 0.608. The Morgan fingerprint density at radius 1 is 1.73 bits per heavy atom. The maximum absolute atomic E-state index is 11.0. The molecule has 0 atom stereocenters. The molecule has 0 saturated carbocycles. The Hall–Kier alpha value is -0.640. The Balaban J connectivity index is 2.35. The molecular weight excluding hydrogens is 160 g/mol. The third-order valence-electron chi connectivity index (χ3n) is 1.47. The lowest BCUT2D eigenvalue weighted by molar-refractivity contribution is 0.214. The number of thiol groups is 1. The van der Waals surface area contributed by atoms with Crippen molar-refractivity contribution in [3.05, 3.63) is 12.3 Å². The number of urea groups is 1. The molecule has 0 bridgehead atoms. The summed E-state index contributed by atoms with van der Waals surface area (Å²) >= 11 is 4.07. The molecule has 1 heterocycles. The van der Waals surface area contributed by atoms with Crippen molar-refractivity contribution in [3.63, 3.8) is 0 Å². The molecule has 62 valence electrons. The SMILES string of the molecule is O=C1NCC=CN1CCCS. The van der Waals surface area contributed by atoms with E-state index in [4.69, 9.17) is 0 Å². The number of rotatable bonds is 3. The summed E-state index contributed by atoms with van der Waals surface area (Å²) in [6, 6.07) is -0.00529. The normalized spacial score (nSPS) is 16.8. The Bertz CT molecular complexity index is 170. The fourth-order valence-electron chi connectivity index (χ4n) is 0.913. The van der Waals surface area contributed by atoms with Crippen molar-refractivity contribution < 1.29 is 4.79 Å². The molecule has 0 aliphatic carbocycles. The van der Waals surface area contributed by atoms with Crippen LogP contribution < -0.4 is 5.32 Å². The van der Waals surface area contributed by atoms with Crippen molar-refractivity contribution in [2.75, 3.05) is 18.8 Å². The molecule has 0 fully saturated rings. The minimum Gasteiger partial charge on any atom is -0.334 e. The smallest absolute Gasteiger partial charge is 0.321 e. The molecule has 0 unspecified atom stereocenters.